The Bertz CT molecular complexity index is 523. The lowest BCUT2D eigenvalue weighted by atomic mass is 10.0. The van der Waals surface area contributed by atoms with Crippen molar-refractivity contribution in [2.75, 3.05) is 0 Å². The van der Waals surface area contributed by atoms with Crippen LogP contribution in [0.1, 0.15) is 5.56 Å². The molecule has 18 heavy (non-hydrogen) atoms. The molecule has 0 spiro atoms. The fraction of sp³-hybridized carbons (Fsp3) is 0.143. The van der Waals surface area contributed by atoms with Crippen molar-refractivity contribution in [3.63, 3.8) is 0 Å². The Balaban J connectivity index is 2.13. The second-order valence-corrected chi connectivity index (χ2v) is 4.09. The summed E-state index contributed by atoms with van der Waals surface area (Å²) < 4.78 is 0. The lowest BCUT2D eigenvalue weighted by Gasteiger charge is -2.07. The molecule has 2 rings (SSSR count). The van der Waals surface area contributed by atoms with E-state index in [-0.39, 0.29) is 0 Å². The van der Waals surface area contributed by atoms with Gasteiger partial charge in [0, 0.05) is 12.4 Å². The summed E-state index contributed by atoms with van der Waals surface area (Å²) in [6.07, 6.45) is 3.85. The Morgan fingerprint density at radius 3 is 2.50 bits per heavy atom. The molecule has 3 N–H and O–H groups in total. The Morgan fingerprint density at radius 1 is 1.22 bits per heavy atom. The highest BCUT2D eigenvalue weighted by Gasteiger charge is 2.11. The van der Waals surface area contributed by atoms with Gasteiger partial charge >= 0.3 is 5.97 Å². The molecule has 2 aromatic rings. The minimum Gasteiger partial charge on any atom is -0.480 e. The smallest absolute Gasteiger partial charge is 0.320 e. The van der Waals surface area contributed by atoms with Crippen molar-refractivity contribution >= 4 is 5.97 Å². The largest absolute Gasteiger partial charge is 0.480 e. The summed E-state index contributed by atoms with van der Waals surface area (Å²) in [4.78, 5) is 14.7. The lowest BCUT2D eigenvalue weighted by molar-refractivity contribution is -0.138. The van der Waals surface area contributed by atoms with E-state index in [4.69, 9.17) is 10.8 Å². The standard InChI is InChI=1S/C14H14N2O2/c15-13(14(17)18)8-10-3-5-11(6-4-10)12-2-1-7-16-9-12/h1-7,9,13H,8,15H2,(H,17,18). The highest BCUT2D eigenvalue weighted by atomic mass is 16.4. The predicted molar refractivity (Wildman–Crippen MR) is 69.0 cm³/mol. The van der Waals surface area contributed by atoms with Crippen molar-refractivity contribution in [1.29, 1.82) is 0 Å². The minimum atomic E-state index is -0.980. The summed E-state index contributed by atoms with van der Waals surface area (Å²) in [6, 6.07) is 10.7. The number of hydrogen-bond acceptors (Lipinski definition) is 3. The van der Waals surface area contributed by atoms with Gasteiger partial charge in [0.2, 0.25) is 0 Å². The number of carboxylic acid groups (broad SMARTS) is 1. The molecule has 0 aliphatic heterocycles. The average Bonchev–Trinajstić information content (AvgIpc) is 2.40. The monoisotopic (exact) mass is 242 g/mol. The van der Waals surface area contributed by atoms with Crippen LogP contribution in [0.2, 0.25) is 0 Å². The zero-order valence-corrected chi connectivity index (χ0v) is 9.78. The molecule has 0 saturated heterocycles. The number of carbonyl (C=O) groups is 1. The molecule has 1 aromatic carbocycles. The number of aliphatic carboxylic acids is 1. The topological polar surface area (TPSA) is 76.2 Å². The van der Waals surface area contributed by atoms with E-state index in [2.05, 4.69) is 4.98 Å². The van der Waals surface area contributed by atoms with Crippen LogP contribution in [-0.2, 0) is 11.2 Å². The fourth-order valence-corrected chi connectivity index (χ4v) is 1.71. The molecule has 0 aliphatic carbocycles. The number of hydrogen-bond donors (Lipinski definition) is 2. The molecule has 1 unspecified atom stereocenters. The second kappa shape index (κ2) is 5.42. The predicted octanol–water partition coefficient (Wildman–Crippen LogP) is 1.70. The Hall–Kier alpha value is -2.20. The van der Waals surface area contributed by atoms with E-state index in [9.17, 15) is 4.79 Å². The Kier molecular flexibility index (Phi) is 3.69. The van der Waals surface area contributed by atoms with Crippen LogP contribution >= 0.6 is 0 Å². The van der Waals surface area contributed by atoms with E-state index in [0.29, 0.717) is 6.42 Å². The quantitative estimate of drug-likeness (QED) is 0.855. The van der Waals surface area contributed by atoms with Crippen molar-refractivity contribution < 1.29 is 9.90 Å². The number of aromatic nitrogens is 1. The van der Waals surface area contributed by atoms with E-state index in [1.54, 1.807) is 12.4 Å². The number of nitrogens with two attached hydrogens (primary N) is 1. The highest BCUT2D eigenvalue weighted by molar-refractivity contribution is 5.73. The molecule has 4 nitrogen and oxygen atoms in total. The molecule has 0 aliphatic rings. The van der Waals surface area contributed by atoms with E-state index in [1.165, 1.54) is 0 Å². The minimum absolute atomic E-state index is 0.336. The molecule has 0 radical (unpaired) electrons. The summed E-state index contributed by atoms with van der Waals surface area (Å²) in [7, 11) is 0. The Morgan fingerprint density at radius 2 is 1.94 bits per heavy atom. The van der Waals surface area contributed by atoms with Gasteiger partial charge in [0.1, 0.15) is 6.04 Å². The average molecular weight is 242 g/mol. The maximum atomic E-state index is 10.7. The number of carboxylic acids is 1. The van der Waals surface area contributed by atoms with Gasteiger partial charge in [-0.15, -0.1) is 0 Å². The molecule has 92 valence electrons. The van der Waals surface area contributed by atoms with Gasteiger partial charge in [0.25, 0.3) is 0 Å². The maximum absolute atomic E-state index is 10.7. The molecular weight excluding hydrogens is 228 g/mol. The number of pyridine rings is 1. The van der Waals surface area contributed by atoms with Gasteiger partial charge in [-0.25, -0.2) is 0 Å². The third-order valence-corrected chi connectivity index (χ3v) is 2.72. The first-order valence-corrected chi connectivity index (χ1v) is 5.64. The van der Waals surface area contributed by atoms with Crippen LogP contribution in [0.3, 0.4) is 0 Å². The van der Waals surface area contributed by atoms with Gasteiger partial charge in [-0.05, 0) is 29.2 Å². The molecule has 0 saturated carbocycles. The second-order valence-electron chi connectivity index (χ2n) is 4.09. The van der Waals surface area contributed by atoms with Crippen LogP contribution in [0.25, 0.3) is 11.1 Å². The van der Waals surface area contributed by atoms with Crippen LogP contribution in [-0.4, -0.2) is 22.1 Å². The van der Waals surface area contributed by atoms with Crippen LogP contribution < -0.4 is 5.73 Å². The summed E-state index contributed by atoms with van der Waals surface area (Å²) in [5.74, 6) is -0.980. The molecule has 4 heteroatoms. The summed E-state index contributed by atoms with van der Waals surface area (Å²) in [5, 5.41) is 8.74. The Labute approximate surface area is 105 Å². The van der Waals surface area contributed by atoms with Gasteiger partial charge in [-0.2, -0.15) is 0 Å². The first-order valence-electron chi connectivity index (χ1n) is 5.64. The van der Waals surface area contributed by atoms with E-state index < -0.39 is 12.0 Å². The third-order valence-electron chi connectivity index (χ3n) is 2.72. The fourth-order valence-electron chi connectivity index (χ4n) is 1.71. The number of nitrogens with zero attached hydrogens (tertiary/aromatic N) is 1. The van der Waals surface area contributed by atoms with Crippen LogP contribution in [0.5, 0.6) is 0 Å². The molecule has 0 bridgehead atoms. The van der Waals surface area contributed by atoms with Crippen molar-refractivity contribution in [3.05, 3.63) is 54.4 Å². The third kappa shape index (κ3) is 2.93. The van der Waals surface area contributed by atoms with E-state index in [0.717, 1.165) is 16.7 Å². The molecule has 1 heterocycles. The zero-order chi connectivity index (χ0) is 13.0. The SMILES string of the molecule is NC(Cc1ccc(-c2cccnc2)cc1)C(=O)O. The van der Waals surface area contributed by atoms with Gasteiger partial charge in [0.15, 0.2) is 0 Å². The first-order chi connectivity index (χ1) is 8.66. The van der Waals surface area contributed by atoms with Gasteiger partial charge in [-0.3, -0.25) is 9.78 Å². The van der Waals surface area contributed by atoms with Gasteiger partial charge < -0.3 is 10.8 Å². The van der Waals surface area contributed by atoms with Crippen LogP contribution in [0.4, 0.5) is 0 Å². The summed E-state index contributed by atoms with van der Waals surface area (Å²) in [6.45, 7) is 0. The molecular formula is C14H14N2O2. The molecule has 1 aromatic heterocycles. The van der Waals surface area contributed by atoms with Crippen molar-refractivity contribution in [2.24, 2.45) is 5.73 Å². The summed E-state index contributed by atoms with van der Waals surface area (Å²) >= 11 is 0. The number of rotatable bonds is 4. The van der Waals surface area contributed by atoms with E-state index >= 15 is 0 Å². The highest BCUT2D eigenvalue weighted by Crippen LogP contribution is 2.18. The maximum Gasteiger partial charge on any atom is 0.320 e. The van der Waals surface area contributed by atoms with Crippen LogP contribution in [0, 0.1) is 0 Å². The van der Waals surface area contributed by atoms with Gasteiger partial charge in [0.05, 0.1) is 0 Å². The molecule has 0 amide bonds. The van der Waals surface area contributed by atoms with Crippen molar-refractivity contribution in [1.82, 2.24) is 4.98 Å². The molecule has 1 atom stereocenters. The van der Waals surface area contributed by atoms with Crippen LogP contribution in [0.15, 0.2) is 48.8 Å². The summed E-state index contributed by atoms with van der Waals surface area (Å²) in [5.41, 5.74) is 8.49. The zero-order valence-electron chi connectivity index (χ0n) is 9.78. The van der Waals surface area contributed by atoms with Crippen molar-refractivity contribution in [2.45, 2.75) is 12.5 Å². The van der Waals surface area contributed by atoms with Crippen molar-refractivity contribution in [3.8, 4) is 11.1 Å². The lowest BCUT2D eigenvalue weighted by Crippen LogP contribution is -2.32. The van der Waals surface area contributed by atoms with E-state index in [1.807, 2.05) is 36.4 Å². The number of benzene rings is 1. The first kappa shape index (κ1) is 12.3. The van der Waals surface area contributed by atoms with Gasteiger partial charge in [-0.1, -0.05) is 30.3 Å². The molecule has 0 fully saturated rings. The normalized spacial score (nSPS) is 12.1.